The van der Waals surface area contributed by atoms with Crippen LogP contribution in [-0.4, -0.2) is 0 Å². The molecule has 0 bridgehead atoms. The molecule has 0 aliphatic heterocycles. The molecule has 156 valence electrons. The first kappa shape index (κ1) is 22.0. The van der Waals surface area contributed by atoms with Crippen molar-refractivity contribution in [3.05, 3.63) is 147 Å². The molecule has 4 rings (SSSR count). The van der Waals surface area contributed by atoms with Crippen molar-refractivity contribution in [3.8, 4) is 12.1 Å². The van der Waals surface area contributed by atoms with E-state index in [1.807, 2.05) is 60.7 Å². The van der Waals surface area contributed by atoms with Crippen LogP contribution in [0.5, 0.6) is 0 Å². The van der Waals surface area contributed by atoms with E-state index in [2.05, 4.69) is 76.6 Å². The van der Waals surface area contributed by atoms with Crippen LogP contribution in [0.4, 0.5) is 0 Å². The summed E-state index contributed by atoms with van der Waals surface area (Å²) >= 11 is 3.55. The number of hydrogen-bond donors (Lipinski definition) is 0. The van der Waals surface area contributed by atoms with E-state index >= 15 is 0 Å². The molecular formula is C30H19BrN2. The lowest BCUT2D eigenvalue weighted by atomic mass is 9.85. The van der Waals surface area contributed by atoms with Gasteiger partial charge >= 0.3 is 0 Å². The molecule has 2 nitrogen and oxygen atoms in total. The molecule has 3 heteroatoms. The van der Waals surface area contributed by atoms with Gasteiger partial charge in [-0.25, -0.2) is 0 Å². The van der Waals surface area contributed by atoms with Gasteiger partial charge in [-0.05, 0) is 57.2 Å². The van der Waals surface area contributed by atoms with Crippen LogP contribution in [0.1, 0.15) is 27.8 Å². The second-order valence-electron chi connectivity index (χ2n) is 7.39. The van der Waals surface area contributed by atoms with E-state index in [0.29, 0.717) is 0 Å². The SMILES string of the molecule is N#CC(C#N)=Cc1ccc(/C(=C(\c2ccccc2)c2ccc(Br)cc2)c2ccccc2)cc1. The smallest absolute Gasteiger partial charge is 0.130 e. The lowest BCUT2D eigenvalue weighted by Gasteiger charge is -2.18. The number of benzene rings is 4. The highest BCUT2D eigenvalue weighted by Crippen LogP contribution is 2.37. The van der Waals surface area contributed by atoms with Gasteiger partial charge in [0, 0.05) is 4.47 Å². The van der Waals surface area contributed by atoms with Crippen LogP contribution < -0.4 is 0 Å². The van der Waals surface area contributed by atoms with Gasteiger partial charge in [0.15, 0.2) is 0 Å². The summed E-state index contributed by atoms with van der Waals surface area (Å²) in [7, 11) is 0. The molecule has 0 aliphatic rings. The van der Waals surface area contributed by atoms with E-state index in [1.165, 1.54) is 0 Å². The van der Waals surface area contributed by atoms with E-state index in [4.69, 9.17) is 10.5 Å². The summed E-state index contributed by atoms with van der Waals surface area (Å²) in [6, 6.07) is 40.9. The highest BCUT2D eigenvalue weighted by molar-refractivity contribution is 9.10. The molecule has 0 heterocycles. The molecule has 33 heavy (non-hydrogen) atoms. The minimum atomic E-state index is 0.0846. The highest BCUT2D eigenvalue weighted by Gasteiger charge is 2.16. The van der Waals surface area contributed by atoms with Gasteiger partial charge in [-0.3, -0.25) is 0 Å². The van der Waals surface area contributed by atoms with E-state index in [9.17, 15) is 0 Å². The summed E-state index contributed by atoms with van der Waals surface area (Å²) in [5.74, 6) is 0. The molecule has 0 saturated carbocycles. The van der Waals surface area contributed by atoms with Crippen molar-refractivity contribution in [1.82, 2.24) is 0 Å². The third-order valence-electron chi connectivity index (χ3n) is 5.26. The van der Waals surface area contributed by atoms with Gasteiger partial charge in [-0.1, -0.05) is 113 Å². The van der Waals surface area contributed by atoms with Crippen molar-refractivity contribution >= 4 is 33.2 Å². The second kappa shape index (κ2) is 10.4. The van der Waals surface area contributed by atoms with Gasteiger partial charge in [0.1, 0.15) is 17.7 Å². The lowest BCUT2D eigenvalue weighted by molar-refractivity contribution is 1.46. The molecule has 0 spiro atoms. The predicted molar refractivity (Wildman–Crippen MR) is 138 cm³/mol. The van der Waals surface area contributed by atoms with Crippen molar-refractivity contribution in [3.63, 3.8) is 0 Å². The molecule has 0 unspecified atom stereocenters. The number of nitriles is 2. The Kier molecular flexibility index (Phi) is 6.96. The Labute approximate surface area is 202 Å². The van der Waals surface area contributed by atoms with Crippen molar-refractivity contribution in [1.29, 1.82) is 10.5 Å². The molecule has 0 fully saturated rings. The number of allylic oxidation sites excluding steroid dienone is 1. The van der Waals surface area contributed by atoms with Crippen LogP contribution in [0.3, 0.4) is 0 Å². The van der Waals surface area contributed by atoms with Gasteiger partial charge in [-0.2, -0.15) is 10.5 Å². The monoisotopic (exact) mass is 486 g/mol. The Morgan fingerprint density at radius 3 is 1.36 bits per heavy atom. The summed E-state index contributed by atoms with van der Waals surface area (Å²) in [5.41, 5.74) is 7.54. The van der Waals surface area contributed by atoms with Gasteiger partial charge in [-0.15, -0.1) is 0 Å². The first-order chi connectivity index (χ1) is 16.2. The largest absolute Gasteiger partial charge is 0.192 e. The highest BCUT2D eigenvalue weighted by atomic mass is 79.9. The second-order valence-corrected chi connectivity index (χ2v) is 8.31. The van der Waals surface area contributed by atoms with E-state index in [0.717, 1.165) is 43.4 Å². The molecule has 0 amide bonds. The summed E-state index contributed by atoms with van der Waals surface area (Å²) in [6.07, 6.45) is 1.60. The topological polar surface area (TPSA) is 47.6 Å². The Bertz CT molecular complexity index is 1370. The normalized spacial score (nSPS) is 11.0. The number of hydrogen-bond acceptors (Lipinski definition) is 2. The fourth-order valence-electron chi connectivity index (χ4n) is 3.74. The average molecular weight is 487 g/mol. The van der Waals surface area contributed by atoms with Crippen LogP contribution in [0, 0.1) is 22.7 Å². The lowest BCUT2D eigenvalue weighted by Crippen LogP contribution is -1.97. The van der Waals surface area contributed by atoms with Crippen LogP contribution in [0.15, 0.2) is 119 Å². The summed E-state index contributed by atoms with van der Waals surface area (Å²) in [6.45, 7) is 0. The molecule has 4 aromatic carbocycles. The fraction of sp³-hybridized carbons (Fsp3) is 0. The maximum Gasteiger partial charge on any atom is 0.130 e. The summed E-state index contributed by atoms with van der Waals surface area (Å²) in [4.78, 5) is 0. The molecule has 0 atom stereocenters. The Balaban J connectivity index is 1.99. The number of rotatable bonds is 5. The Morgan fingerprint density at radius 1 is 0.545 bits per heavy atom. The summed E-state index contributed by atoms with van der Waals surface area (Å²) in [5, 5.41) is 18.1. The van der Waals surface area contributed by atoms with Crippen LogP contribution in [0.2, 0.25) is 0 Å². The molecule has 4 aromatic rings. The zero-order chi connectivity index (χ0) is 23.0. The first-order valence-corrected chi connectivity index (χ1v) is 11.2. The third kappa shape index (κ3) is 5.18. The minimum absolute atomic E-state index is 0.0846. The molecule has 0 N–H and O–H groups in total. The van der Waals surface area contributed by atoms with Crippen molar-refractivity contribution in [2.75, 3.05) is 0 Å². The molecule has 0 saturated heterocycles. The molecule has 0 aromatic heterocycles. The first-order valence-electron chi connectivity index (χ1n) is 10.4. The van der Waals surface area contributed by atoms with Gasteiger partial charge < -0.3 is 0 Å². The van der Waals surface area contributed by atoms with Gasteiger partial charge in [0.25, 0.3) is 0 Å². The molecular weight excluding hydrogens is 468 g/mol. The van der Waals surface area contributed by atoms with Gasteiger partial charge in [0.2, 0.25) is 0 Å². The van der Waals surface area contributed by atoms with Crippen LogP contribution in [0.25, 0.3) is 17.2 Å². The van der Waals surface area contributed by atoms with Gasteiger partial charge in [0.05, 0.1) is 0 Å². The van der Waals surface area contributed by atoms with E-state index in [1.54, 1.807) is 6.08 Å². The maximum absolute atomic E-state index is 9.07. The number of halogens is 1. The Hall–Kier alpha value is -4.18. The number of nitrogens with zero attached hydrogens (tertiary/aromatic N) is 2. The molecule has 0 aliphatic carbocycles. The average Bonchev–Trinajstić information content (AvgIpc) is 2.88. The van der Waals surface area contributed by atoms with Crippen LogP contribution >= 0.6 is 15.9 Å². The maximum atomic E-state index is 9.07. The van der Waals surface area contributed by atoms with Crippen molar-refractivity contribution in [2.45, 2.75) is 0 Å². The quantitative estimate of drug-likeness (QED) is 0.212. The zero-order valence-electron chi connectivity index (χ0n) is 17.7. The van der Waals surface area contributed by atoms with Crippen molar-refractivity contribution < 1.29 is 0 Å². The minimum Gasteiger partial charge on any atom is -0.192 e. The predicted octanol–water partition coefficient (Wildman–Crippen LogP) is 7.89. The Morgan fingerprint density at radius 2 is 0.939 bits per heavy atom. The molecule has 0 radical (unpaired) electrons. The van der Waals surface area contributed by atoms with E-state index < -0.39 is 0 Å². The van der Waals surface area contributed by atoms with E-state index in [-0.39, 0.29) is 5.57 Å². The van der Waals surface area contributed by atoms with Crippen LogP contribution in [-0.2, 0) is 0 Å². The standard InChI is InChI=1S/C30H19BrN2/c31-28-17-15-27(16-18-28)30(25-9-5-2-6-10-25)29(24-7-3-1-4-8-24)26-13-11-22(12-14-26)19-23(20-32)21-33/h1-19H/b30-29+. The summed E-state index contributed by atoms with van der Waals surface area (Å²) < 4.78 is 1.03. The third-order valence-corrected chi connectivity index (χ3v) is 5.79. The van der Waals surface area contributed by atoms with Crippen molar-refractivity contribution in [2.24, 2.45) is 0 Å². The zero-order valence-corrected chi connectivity index (χ0v) is 19.3. The fourth-order valence-corrected chi connectivity index (χ4v) is 4.00.